The minimum Gasteiger partial charge on any atom is -0.310 e. The Morgan fingerprint density at radius 1 is 1.15 bits per heavy atom. The maximum Gasteiger partial charge on any atom is 0.127 e. The second kappa shape index (κ2) is 7.75. The predicted octanol–water partition coefficient (Wildman–Crippen LogP) is 3.89. The van der Waals surface area contributed by atoms with Gasteiger partial charge in [0.05, 0.1) is 0 Å². The van der Waals surface area contributed by atoms with Gasteiger partial charge in [-0.05, 0) is 44.0 Å². The maximum atomic E-state index is 13.9. The second-order valence-corrected chi connectivity index (χ2v) is 4.89. The average molecular weight is 272 g/mol. The van der Waals surface area contributed by atoms with Crippen molar-refractivity contribution in [1.82, 2.24) is 10.3 Å². The minimum absolute atomic E-state index is 0.0400. The molecule has 0 fully saturated rings. The highest BCUT2D eigenvalue weighted by atomic mass is 19.1. The summed E-state index contributed by atoms with van der Waals surface area (Å²) in [6.45, 7) is 3.01. The van der Waals surface area contributed by atoms with Crippen LogP contribution in [0.2, 0.25) is 0 Å². The van der Waals surface area contributed by atoms with Gasteiger partial charge in [0.25, 0.3) is 0 Å². The lowest BCUT2D eigenvalue weighted by Gasteiger charge is -2.19. The zero-order chi connectivity index (χ0) is 14.2. The van der Waals surface area contributed by atoms with Crippen LogP contribution in [-0.4, -0.2) is 11.5 Å². The summed E-state index contributed by atoms with van der Waals surface area (Å²) in [5.41, 5.74) is 1.80. The first-order valence-electron chi connectivity index (χ1n) is 7.19. The molecule has 106 valence electrons. The van der Waals surface area contributed by atoms with Crippen LogP contribution in [0.15, 0.2) is 48.7 Å². The Morgan fingerprint density at radius 3 is 2.65 bits per heavy atom. The van der Waals surface area contributed by atoms with E-state index in [4.69, 9.17) is 0 Å². The number of hydrogen-bond acceptors (Lipinski definition) is 2. The first kappa shape index (κ1) is 14.7. The molecule has 20 heavy (non-hydrogen) atoms. The van der Waals surface area contributed by atoms with Crippen molar-refractivity contribution in [3.05, 3.63) is 65.7 Å². The van der Waals surface area contributed by atoms with Gasteiger partial charge >= 0.3 is 0 Å². The highest BCUT2D eigenvalue weighted by Gasteiger charge is 2.14. The monoisotopic (exact) mass is 272 g/mol. The summed E-state index contributed by atoms with van der Waals surface area (Å²) < 4.78 is 13.9. The van der Waals surface area contributed by atoms with E-state index < -0.39 is 0 Å². The summed E-state index contributed by atoms with van der Waals surface area (Å²) in [5.74, 6) is -0.137. The number of aromatic nitrogens is 1. The Hall–Kier alpha value is -1.74. The molecule has 3 heteroatoms. The van der Waals surface area contributed by atoms with Crippen LogP contribution < -0.4 is 5.32 Å². The molecule has 1 N–H and O–H groups in total. The van der Waals surface area contributed by atoms with Gasteiger partial charge in [-0.2, -0.15) is 0 Å². The molecule has 0 bridgehead atoms. The fourth-order valence-electron chi connectivity index (χ4n) is 2.28. The van der Waals surface area contributed by atoms with Gasteiger partial charge < -0.3 is 5.32 Å². The van der Waals surface area contributed by atoms with Crippen molar-refractivity contribution >= 4 is 0 Å². The first-order valence-corrected chi connectivity index (χ1v) is 7.19. The van der Waals surface area contributed by atoms with Crippen molar-refractivity contribution in [2.45, 2.75) is 32.2 Å². The quantitative estimate of drug-likeness (QED) is 0.827. The third-order valence-corrected chi connectivity index (χ3v) is 3.34. The molecule has 1 atom stereocenters. The van der Waals surface area contributed by atoms with E-state index in [1.54, 1.807) is 12.3 Å². The third-order valence-electron chi connectivity index (χ3n) is 3.34. The van der Waals surface area contributed by atoms with Gasteiger partial charge in [-0.3, -0.25) is 4.98 Å². The molecule has 2 rings (SSSR count). The van der Waals surface area contributed by atoms with E-state index in [0.717, 1.165) is 37.1 Å². The summed E-state index contributed by atoms with van der Waals surface area (Å²) in [4.78, 5) is 4.33. The fraction of sp³-hybridized carbons (Fsp3) is 0.353. The SMILES string of the molecule is CCCNC(CCc1ccccn1)c1ccccc1F. The van der Waals surface area contributed by atoms with E-state index in [1.807, 2.05) is 30.3 Å². The van der Waals surface area contributed by atoms with E-state index in [0.29, 0.717) is 0 Å². The van der Waals surface area contributed by atoms with E-state index in [-0.39, 0.29) is 11.9 Å². The smallest absolute Gasteiger partial charge is 0.127 e. The van der Waals surface area contributed by atoms with Crippen LogP contribution in [0.4, 0.5) is 4.39 Å². The van der Waals surface area contributed by atoms with Crippen molar-refractivity contribution < 1.29 is 4.39 Å². The van der Waals surface area contributed by atoms with Crippen LogP contribution in [0.5, 0.6) is 0 Å². The first-order chi connectivity index (χ1) is 9.81. The largest absolute Gasteiger partial charge is 0.310 e. The average Bonchev–Trinajstić information content (AvgIpc) is 2.49. The fourth-order valence-corrected chi connectivity index (χ4v) is 2.28. The van der Waals surface area contributed by atoms with Crippen molar-refractivity contribution in [3.8, 4) is 0 Å². The Balaban J connectivity index is 2.06. The summed E-state index contributed by atoms with van der Waals surface area (Å²) in [6.07, 6.45) is 4.52. The lowest BCUT2D eigenvalue weighted by molar-refractivity contribution is 0.472. The lowest BCUT2D eigenvalue weighted by atomic mass is 10.00. The Kier molecular flexibility index (Phi) is 5.69. The lowest BCUT2D eigenvalue weighted by Crippen LogP contribution is -2.23. The predicted molar refractivity (Wildman–Crippen MR) is 80.0 cm³/mol. The molecule has 2 aromatic rings. The highest BCUT2D eigenvalue weighted by molar-refractivity contribution is 5.21. The number of nitrogens with one attached hydrogen (secondary N) is 1. The van der Waals surface area contributed by atoms with Gasteiger partial charge in [0.15, 0.2) is 0 Å². The van der Waals surface area contributed by atoms with Gasteiger partial charge in [0.2, 0.25) is 0 Å². The zero-order valence-corrected chi connectivity index (χ0v) is 11.8. The number of rotatable bonds is 7. The van der Waals surface area contributed by atoms with Gasteiger partial charge in [0.1, 0.15) is 5.82 Å². The number of hydrogen-bond donors (Lipinski definition) is 1. The second-order valence-electron chi connectivity index (χ2n) is 4.89. The van der Waals surface area contributed by atoms with Crippen molar-refractivity contribution in [1.29, 1.82) is 0 Å². The molecule has 0 radical (unpaired) electrons. The maximum absolute atomic E-state index is 13.9. The van der Waals surface area contributed by atoms with Crippen molar-refractivity contribution in [3.63, 3.8) is 0 Å². The standard InChI is InChI=1S/C17H21FN2/c1-2-12-20-17(15-8-3-4-9-16(15)18)11-10-14-7-5-6-13-19-14/h3-9,13,17,20H,2,10-12H2,1H3. The Labute approximate surface area is 120 Å². The Bertz CT molecular complexity index is 513. The van der Waals surface area contributed by atoms with E-state index in [9.17, 15) is 4.39 Å². The highest BCUT2D eigenvalue weighted by Crippen LogP contribution is 2.21. The molecule has 1 unspecified atom stereocenters. The summed E-state index contributed by atoms with van der Waals surface area (Å²) in [5, 5.41) is 3.43. The molecule has 0 aliphatic rings. The zero-order valence-electron chi connectivity index (χ0n) is 11.8. The summed E-state index contributed by atoms with van der Waals surface area (Å²) >= 11 is 0. The molecular formula is C17H21FN2. The number of aryl methyl sites for hydroxylation is 1. The van der Waals surface area contributed by atoms with Crippen LogP contribution in [0.3, 0.4) is 0 Å². The topological polar surface area (TPSA) is 24.9 Å². The number of pyridine rings is 1. The summed E-state index contributed by atoms with van der Waals surface area (Å²) in [6, 6.07) is 13.0. The number of halogens is 1. The Morgan fingerprint density at radius 2 is 1.95 bits per heavy atom. The number of benzene rings is 1. The van der Waals surface area contributed by atoms with Crippen LogP contribution >= 0.6 is 0 Å². The van der Waals surface area contributed by atoms with Crippen LogP contribution in [-0.2, 0) is 6.42 Å². The molecule has 1 aromatic heterocycles. The van der Waals surface area contributed by atoms with Gasteiger partial charge in [-0.25, -0.2) is 4.39 Å². The molecule has 1 heterocycles. The van der Waals surface area contributed by atoms with Gasteiger partial charge in [-0.15, -0.1) is 0 Å². The third kappa shape index (κ3) is 4.14. The van der Waals surface area contributed by atoms with E-state index >= 15 is 0 Å². The normalized spacial score (nSPS) is 12.3. The molecule has 0 saturated heterocycles. The summed E-state index contributed by atoms with van der Waals surface area (Å²) in [7, 11) is 0. The molecular weight excluding hydrogens is 251 g/mol. The van der Waals surface area contributed by atoms with Gasteiger partial charge in [0, 0.05) is 23.5 Å². The van der Waals surface area contributed by atoms with Crippen LogP contribution in [0.1, 0.15) is 37.1 Å². The van der Waals surface area contributed by atoms with Crippen LogP contribution in [0.25, 0.3) is 0 Å². The molecule has 0 spiro atoms. The van der Waals surface area contributed by atoms with Gasteiger partial charge in [-0.1, -0.05) is 31.2 Å². The number of nitrogens with zero attached hydrogens (tertiary/aromatic N) is 1. The molecule has 0 aliphatic carbocycles. The molecule has 0 saturated carbocycles. The van der Waals surface area contributed by atoms with Crippen molar-refractivity contribution in [2.75, 3.05) is 6.54 Å². The van der Waals surface area contributed by atoms with E-state index in [1.165, 1.54) is 6.07 Å². The molecule has 2 nitrogen and oxygen atoms in total. The van der Waals surface area contributed by atoms with Crippen molar-refractivity contribution in [2.24, 2.45) is 0 Å². The van der Waals surface area contributed by atoms with E-state index in [2.05, 4.69) is 17.2 Å². The minimum atomic E-state index is -0.137. The van der Waals surface area contributed by atoms with Crippen LogP contribution in [0, 0.1) is 5.82 Å². The molecule has 0 aliphatic heterocycles. The molecule has 0 amide bonds. The molecule has 1 aromatic carbocycles.